The third-order valence-corrected chi connectivity index (χ3v) is 7.47. The Morgan fingerprint density at radius 3 is 2.62 bits per heavy atom. The number of imidazole rings is 1. The van der Waals surface area contributed by atoms with E-state index in [0.29, 0.717) is 56.9 Å². The number of nitriles is 1. The molecule has 1 aromatic carbocycles. The highest BCUT2D eigenvalue weighted by Gasteiger charge is 2.38. The second-order valence-corrected chi connectivity index (χ2v) is 10.6. The average molecular weight is 644 g/mol. The molecule has 5 rings (SSSR count). The van der Waals surface area contributed by atoms with E-state index in [2.05, 4.69) is 25.7 Å². The third kappa shape index (κ3) is 7.17. The number of amides is 2. The van der Waals surface area contributed by atoms with Crippen molar-refractivity contribution in [2.45, 2.75) is 19.1 Å². The number of hydrogen-bond donors (Lipinski definition) is 3. The second-order valence-electron chi connectivity index (χ2n) is 10.2. The van der Waals surface area contributed by atoms with Crippen LogP contribution in [-0.4, -0.2) is 91.6 Å². The summed E-state index contributed by atoms with van der Waals surface area (Å²) in [5.74, 6) is -0.0851. The highest BCUT2D eigenvalue weighted by atomic mass is 35.5. The topological polar surface area (TPSA) is 162 Å². The molecule has 236 valence electrons. The normalized spacial score (nSPS) is 14.0. The van der Waals surface area contributed by atoms with Gasteiger partial charge < -0.3 is 21.3 Å². The monoisotopic (exact) mass is 643 g/mol. The number of hydrogen-bond acceptors (Lipinski definition) is 9. The van der Waals surface area contributed by atoms with Crippen LogP contribution in [0.1, 0.15) is 22.5 Å². The number of halogens is 4. The van der Waals surface area contributed by atoms with Crippen LogP contribution in [0.3, 0.4) is 0 Å². The molecule has 4 N–H and O–H groups in total. The maximum absolute atomic E-state index is 13.7. The summed E-state index contributed by atoms with van der Waals surface area (Å²) in [6.45, 7) is 2.89. The molecule has 1 aliphatic heterocycles. The van der Waals surface area contributed by atoms with E-state index in [0.717, 1.165) is 10.9 Å². The maximum atomic E-state index is 13.7. The lowest BCUT2D eigenvalue weighted by molar-refractivity contribution is -0.141. The average Bonchev–Trinajstić information content (AvgIpc) is 3.63. The van der Waals surface area contributed by atoms with Gasteiger partial charge in [-0.3, -0.25) is 23.6 Å². The second kappa shape index (κ2) is 13.5. The first kappa shape index (κ1) is 31.7. The predicted molar refractivity (Wildman–Crippen MR) is 159 cm³/mol. The molecule has 1 fully saturated rings. The number of aromatic nitrogens is 5. The summed E-state index contributed by atoms with van der Waals surface area (Å²) >= 11 is 6.52. The van der Waals surface area contributed by atoms with Gasteiger partial charge in [-0.25, -0.2) is 9.97 Å². The summed E-state index contributed by atoms with van der Waals surface area (Å²) in [6.07, 6.45) is 1.25. The molecule has 17 heteroatoms. The highest BCUT2D eigenvalue weighted by Crippen LogP contribution is 2.37. The van der Waals surface area contributed by atoms with Crippen molar-refractivity contribution in [2.75, 3.05) is 51.1 Å². The Labute approximate surface area is 260 Å². The van der Waals surface area contributed by atoms with Gasteiger partial charge in [-0.1, -0.05) is 11.6 Å². The minimum atomic E-state index is -4.75. The number of alkyl halides is 3. The van der Waals surface area contributed by atoms with Gasteiger partial charge in [0.15, 0.2) is 17.2 Å². The molecule has 0 saturated carbocycles. The summed E-state index contributed by atoms with van der Waals surface area (Å²) < 4.78 is 43.6. The Balaban J connectivity index is 1.28. The number of fused-ring (bicyclic) bond motifs is 1. The molecule has 0 aliphatic carbocycles. The summed E-state index contributed by atoms with van der Waals surface area (Å²) in [5.41, 5.74) is 5.20. The van der Waals surface area contributed by atoms with E-state index in [1.165, 1.54) is 23.0 Å². The number of carbonyl (C=O) groups excluding carboxylic acids is 2. The molecule has 0 unspecified atom stereocenters. The number of piperazine rings is 1. The first-order chi connectivity index (χ1) is 21.6. The minimum Gasteiger partial charge on any atom is -0.355 e. The van der Waals surface area contributed by atoms with E-state index in [1.54, 1.807) is 29.2 Å². The predicted octanol–water partition coefficient (Wildman–Crippen LogP) is 2.75. The van der Waals surface area contributed by atoms with Gasteiger partial charge >= 0.3 is 6.18 Å². The minimum absolute atomic E-state index is 0.0797. The molecular weight excluding hydrogens is 615 g/mol. The molecule has 0 bridgehead atoms. The highest BCUT2D eigenvalue weighted by molar-refractivity contribution is 6.34. The molecule has 4 aromatic rings. The lowest BCUT2D eigenvalue weighted by Crippen LogP contribution is -2.51. The lowest BCUT2D eigenvalue weighted by atomic mass is 10.1. The number of anilines is 2. The van der Waals surface area contributed by atoms with Crippen molar-refractivity contribution in [3.8, 4) is 17.3 Å². The largest absolute Gasteiger partial charge is 0.435 e. The van der Waals surface area contributed by atoms with Crippen LogP contribution in [0.2, 0.25) is 5.02 Å². The standard InChI is InChI=1S/C28H29ClF3N11O2/c29-21-14-18(2-3-19(21)27(45)41-12-10-40(11-13-41)17-23(44)35-6-1-4-33)38-25-26-37-15-22(43(26)9-7-36-25)20-16-42(8-5-34)39-24(20)28(30,31)32/h2-3,7,9,14-16H,1,4,6,8,10-13,17,33H2,(H,35,44)(H,36,38). The molecule has 2 amide bonds. The Morgan fingerprint density at radius 1 is 1.16 bits per heavy atom. The summed E-state index contributed by atoms with van der Waals surface area (Å²) in [4.78, 5) is 37.5. The molecular formula is C28H29ClF3N11O2. The molecule has 3 aromatic heterocycles. The van der Waals surface area contributed by atoms with E-state index < -0.39 is 11.9 Å². The van der Waals surface area contributed by atoms with Crippen molar-refractivity contribution >= 4 is 40.6 Å². The van der Waals surface area contributed by atoms with Gasteiger partial charge in [0.05, 0.1) is 40.7 Å². The van der Waals surface area contributed by atoms with Crippen molar-refractivity contribution in [1.29, 1.82) is 5.26 Å². The van der Waals surface area contributed by atoms with Crippen molar-refractivity contribution in [2.24, 2.45) is 5.73 Å². The first-order valence-corrected chi connectivity index (χ1v) is 14.4. The van der Waals surface area contributed by atoms with E-state index in [-0.39, 0.29) is 52.6 Å². The van der Waals surface area contributed by atoms with E-state index in [9.17, 15) is 22.8 Å². The third-order valence-electron chi connectivity index (χ3n) is 7.16. The molecule has 13 nitrogen and oxygen atoms in total. The van der Waals surface area contributed by atoms with Crippen molar-refractivity contribution in [1.82, 2.24) is 39.3 Å². The Hall–Kier alpha value is -4.72. The van der Waals surface area contributed by atoms with E-state index in [4.69, 9.17) is 22.6 Å². The SMILES string of the molecule is N#CCn1cc(-c2cnc3c(Nc4ccc(C(=O)N5CCN(CC(=O)NCCCN)CC5)c(Cl)c4)nccn23)c(C(F)(F)F)n1. The van der Waals surface area contributed by atoms with Crippen LogP contribution in [0.5, 0.6) is 0 Å². The zero-order chi connectivity index (χ0) is 32.1. The quantitative estimate of drug-likeness (QED) is 0.221. The maximum Gasteiger partial charge on any atom is 0.435 e. The van der Waals surface area contributed by atoms with Gasteiger partial charge in [0.2, 0.25) is 5.91 Å². The number of nitrogens with zero attached hydrogens (tertiary/aromatic N) is 8. The Morgan fingerprint density at radius 2 is 1.93 bits per heavy atom. The fourth-order valence-electron chi connectivity index (χ4n) is 4.95. The zero-order valence-electron chi connectivity index (χ0n) is 23.9. The summed E-state index contributed by atoms with van der Waals surface area (Å²) in [7, 11) is 0. The van der Waals surface area contributed by atoms with Crippen LogP contribution in [-0.2, 0) is 17.5 Å². The van der Waals surface area contributed by atoms with Crippen LogP contribution >= 0.6 is 11.6 Å². The number of nitrogens with one attached hydrogen (secondary N) is 2. The fourth-order valence-corrected chi connectivity index (χ4v) is 5.21. The number of nitrogens with two attached hydrogens (primary N) is 1. The van der Waals surface area contributed by atoms with Gasteiger partial charge in [0.1, 0.15) is 6.54 Å². The zero-order valence-corrected chi connectivity index (χ0v) is 24.6. The van der Waals surface area contributed by atoms with Gasteiger partial charge in [-0.15, -0.1) is 0 Å². The number of rotatable bonds is 10. The van der Waals surface area contributed by atoms with Crippen LogP contribution in [0.15, 0.2) is 43.0 Å². The Bertz CT molecular complexity index is 1740. The van der Waals surface area contributed by atoms with Crippen molar-refractivity contribution in [3.05, 3.63) is 59.3 Å². The van der Waals surface area contributed by atoms with Crippen molar-refractivity contribution in [3.63, 3.8) is 0 Å². The van der Waals surface area contributed by atoms with Gasteiger partial charge in [-0.2, -0.15) is 23.5 Å². The van der Waals surface area contributed by atoms with Crippen molar-refractivity contribution < 1.29 is 22.8 Å². The fraction of sp³-hybridized carbons (Fsp3) is 0.357. The summed E-state index contributed by atoms with van der Waals surface area (Å²) in [5, 5.41) is 18.6. The number of carbonyl (C=O) groups is 2. The number of benzene rings is 1. The smallest absolute Gasteiger partial charge is 0.355 e. The molecule has 0 atom stereocenters. The molecule has 1 saturated heterocycles. The van der Waals surface area contributed by atoms with Gasteiger partial charge in [-0.05, 0) is 31.2 Å². The van der Waals surface area contributed by atoms with Crippen LogP contribution in [0.4, 0.5) is 24.7 Å². The molecule has 0 radical (unpaired) electrons. The van der Waals surface area contributed by atoms with Crippen LogP contribution in [0.25, 0.3) is 16.9 Å². The first-order valence-electron chi connectivity index (χ1n) is 14.0. The molecule has 45 heavy (non-hydrogen) atoms. The Kier molecular flexibility index (Phi) is 9.51. The van der Waals surface area contributed by atoms with Gasteiger partial charge in [0.25, 0.3) is 5.91 Å². The molecule has 0 spiro atoms. The lowest BCUT2D eigenvalue weighted by Gasteiger charge is -2.34. The van der Waals surface area contributed by atoms with E-state index >= 15 is 0 Å². The van der Waals surface area contributed by atoms with Gasteiger partial charge in [0, 0.05) is 57.0 Å². The van der Waals surface area contributed by atoms with Crippen LogP contribution < -0.4 is 16.4 Å². The summed E-state index contributed by atoms with van der Waals surface area (Å²) in [6, 6.07) is 6.56. The van der Waals surface area contributed by atoms with E-state index in [1.807, 2.05) is 4.90 Å². The molecule has 4 heterocycles. The van der Waals surface area contributed by atoms with Crippen LogP contribution in [0, 0.1) is 11.3 Å². The molecule has 1 aliphatic rings.